The number of carbonyl (C=O) groups excluding carboxylic acids is 1. The van der Waals surface area contributed by atoms with Gasteiger partial charge in [-0.3, -0.25) is 4.79 Å². The van der Waals surface area contributed by atoms with Gasteiger partial charge in [0.1, 0.15) is 5.75 Å². The molecule has 0 unspecified atom stereocenters. The summed E-state index contributed by atoms with van der Waals surface area (Å²) in [5.74, 6) is -0.415. The Morgan fingerprint density at radius 3 is 2.47 bits per heavy atom. The van der Waals surface area contributed by atoms with E-state index in [0.29, 0.717) is 12.8 Å². The molecule has 1 fully saturated rings. The number of hydrogen-bond acceptors (Lipinski definition) is 2. The summed E-state index contributed by atoms with van der Waals surface area (Å²) in [6, 6.07) is 3.28. The van der Waals surface area contributed by atoms with Crippen molar-refractivity contribution in [3.8, 4) is 5.75 Å². The molecule has 0 saturated heterocycles. The van der Waals surface area contributed by atoms with E-state index in [1.807, 2.05) is 0 Å². The first-order chi connectivity index (χ1) is 7.93. The van der Waals surface area contributed by atoms with Crippen LogP contribution in [0.1, 0.15) is 28.8 Å². The summed E-state index contributed by atoms with van der Waals surface area (Å²) < 4.78 is 43.1. The van der Waals surface area contributed by atoms with Crippen LogP contribution in [0.5, 0.6) is 5.75 Å². The molecular formula is C12H11F3O2. The first-order valence-corrected chi connectivity index (χ1v) is 5.23. The molecule has 0 aromatic heterocycles. The second-order valence-electron chi connectivity index (χ2n) is 4.05. The quantitative estimate of drug-likeness (QED) is 0.762. The highest BCUT2D eigenvalue weighted by molar-refractivity contribution is 6.01. The molecule has 2 rings (SSSR count). The van der Waals surface area contributed by atoms with Gasteiger partial charge in [0.15, 0.2) is 5.78 Å². The van der Waals surface area contributed by atoms with Gasteiger partial charge in [0.05, 0.1) is 12.7 Å². The van der Waals surface area contributed by atoms with Gasteiger partial charge in [-0.15, -0.1) is 0 Å². The summed E-state index contributed by atoms with van der Waals surface area (Å²) in [4.78, 5) is 11.8. The lowest BCUT2D eigenvalue weighted by atomic mass is 10.00. The van der Waals surface area contributed by atoms with Crippen molar-refractivity contribution in [2.75, 3.05) is 7.11 Å². The summed E-state index contributed by atoms with van der Waals surface area (Å²) in [6.45, 7) is 0. The smallest absolute Gasteiger partial charge is 0.417 e. The van der Waals surface area contributed by atoms with Crippen LogP contribution in [-0.4, -0.2) is 12.9 Å². The number of methoxy groups -OCH3 is 1. The third-order valence-electron chi connectivity index (χ3n) is 2.75. The summed E-state index contributed by atoms with van der Waals surface area (Å²) in [5, 5.41) is 0. The molecule has 0 radical (unpaired) electrons. The molecule has 0 amide bonds. The molecule has 1 aromatic carbocycles. The average molecular weight is 244 g/mol. The molecule has 0 bridgehead atoms. The molecule has 92 valence electrons. The van der Waals surface area contributed by atoms with Crippen LogP contribution in [0.2, 0.25) is 0 Å². The standard InChI is InChI=1S/C12H11F3O2/c1-17-8-4-5-10(12(13,14)15)9(6-8)11(16)7-2-3-7/h4-7H,2-3H2,1H3. The molecule has 2 nitrogen and oxygen atoms in total. The van der Waals surface area contributed by atoms with E-state index in [2.05, 4.69) is 0 Å². The van der Waals surface area contributed by atoms with Crippen molar-refractivity contribution >= 4 is 5.78 Å². The van der Waals surface area contributed by atoms with Gasteiger partial charge >= 0.3 is 6.18 Å². The lowest BCUT2D eigenvalue weighted by molar-refractivity contribution is -0.137. The molecule has 17 heavy (non-hydrogen) atoms. The molecule has 0 aliphatic heterocycles. The molecule has 1 aromatic rings. The van der Waals surface area contributed by atoms with Gasteiger partial charge in [-0.05, 0) is 31.0 Å². The molecule has 0 heterocycles. The van der Waals surface area contributed by atoms with Gasteiger partial charge in [0.2, 0.25) is 0 Å². The van der Waals surface area contributed by atoms with E-state index in [9.17, 15) is 18.0 Å². The van der Waals surface area contributed by atoms with Crippen LogP contribution in [0, 0.1) is 5.92 Å². The lowest BCUT2D eigenvalue weighted by Gasteiger charge is -2.13. The Morgan fingerprint density at radius 2 is 2.00 bits per heavy atom. The monoisotopic (exact) mass is 244 g/mol. The largest absolute Gasteiger partial charge is 0.497 e. The number of hydrogen-bond donors (Lipinski definition) is 0. The zero-order valence-electron chi connectivity index (χ0n) is 9.17. The van der Waals surface area contributed by atoms with Gasteiger partial charge in [0, 0.05) is 11.5 Å². The second kappa shape index (κ2) is 4.05. The van der Waals surface area contributed by atoms with Crippen molar-refractivity contribution in [2.24, 2.45) is 5.92 Å². The molecule has 0 atom stereocenters. The first kappa shape index (κ1) is 12.0. The van der Waals surface area contributed by atoms with Gasteiger partial charge in [-0.2, -0.15) is 13.2 Å². The number of ketones is 1. The fourth-order valence-corrected chi connectivity index (χ4v) is 1.67. The maximum absolute atomic E-state index is 12.7. The number of ether oxygens (including phenoxy) is 1. The highest BCUT2D eigenvalue weighted by Gasteiger charge is 2.39. The van der Waals surface area contributed by atoms with E-state index in [4.69, 9.17) is 4.74 Å². The van der Waals surface area contributed by atoms with Crippen LogP contribution < -0.4 is 4.74 Å². The van der Waals surface area contributed by atoms with E-state index >= 15 is 0 Å². The Bertz CT molecular complexity index is 448. The van der Waals surface area contributed by atoms with E-state index in [1.165, 1.54) is 19.2 Å². The Morgan fingerprint density at radius 1 is 1.35 bits per heavy atom. The van der Waals surface area contributed by atoms with E-state index < -0.39 is 17.5 Å². The first-order valence-electron chi connectivity index (χ1n) is 5.23. The van der Waals surface area contributed by atoms with Crippen molar-refractivity contribution in [1.82, 2.24) is 0 Å². The fourth-order valence-electron chi connectivity index (χ4n) is 1.67. The Hall–Kier alpha value is -1.52. The van der Waals surface area contributed by atoms with Crippen LogP contribution in [0.15, 0.2) is 18.2 Å². The topological polar surface area (TPSA) is 26.3 Å². The molecular weight excluding hydrogens is 233 g/mol. The van der Waals surface area contributed by atoms with Crippen molar-refractivity contribution in [3.63, 3.8) is 0 Å². The number of rotatable bonds is 3. The molecule has 1 saturated carbocycles. The zero-order valence-corrected chi connectivity index (χ0v) is 9.17. The number of benzene rings is 1. The Labute approximate surface area is 96.4 Å². The fraction of sp³-hybridized carbons (Fsp3) is 0.417. The minimum Gasteiger partial charge on any atom is -0.497 e. The molecule has 1 aliphatic rings. The molecule has 0 spiro atoms. The summed E-state index contributed by atoms with van der Waals surface area (Å²) in [7, 11) is 1.36. The van der Waals surface area contributed by atoms with Gasteiger partial charge in [-0.25, -0.2) is 0 Å². The predicted octanol–water partition coefficient (Wildman–Crippen LogP) is 3.31. The van der Waals surface area contributed by atoms with Crippen LogP contribution in [0.25, 0.3) is 0 Å². The van der Waals surface area contributed by atoms with Crippen LogP contribution >= 0.6 is 0 Å². The zero-order chi connectivity index (χ0) is 12.6. The molecule has 1 aliphatic carbocycles. The number of carbonyl (C=O) groups is 1. The van der Waals surface area contributed by atoms with Gasteiger partial charge in [-0.1, -0.05) is 0 Å². The van der Waals surface area contributed by atoms with Gasteiger partial charge in [0.25, 0.3) is 0 Å². The maximum atomic E-state index is 12.7. The average Bonchev–Trinajstić information content (AvgIpc) is 3.09. The Kier molecular flexibility index (Phi) is 2.85. The highest BCUT2D eigenvalue weighted by atomic mass is 19.4. The maximum Gasteiger partial charge on any atom is 0.417 e. The van der Waals surface area contributed by atoms with Crippen molar-refractivity contribution < 1.29 is 22.7 Å². The van der Waals surface area contributed by atoms with Crippen molar-refractivity contribution in [2.45, 2.75) is 19.0 Å². The summed E-state index contributed by atoms with van der Waals surface area (Å²) >= 11 is 0. The lowest BCUT2D eigenvalue weighted by Crippen LogP contribution is -2.14. The SMILES string of the molecule is COc1ccc(C(F)(F)F)c(C(=O)C2CC2)c1. The minimum atomic E-state index is -4.51. The second-order valence-corrected chi connectivity index (χ2v) is 4.05. The number of Topliss-reactive ketones (excluding diaryl/α,β-unsaturated/α-hetero) is 1. The van der Waals surface area contributed by atoms with Crippen molar-refractivity contribution in [3.05, 3.63) is 29.3 Å². The van der Waals surface area contributed by atoms with Gasteiger partial charge < -0.3 is 4.74 Å². The molecule has 5 heteroatoms. The summed E-state index contributed by atoms with van der Waals surface area (Å²) in [6.07, 6.45) is -3.16. The molecule has 0 N–H and O–H groups in total. The highest BCUT2D eigenvalue weighted by Crippen LogP contribution is 2.39. The van der Waals surface area contributed by atoms with Crippen LogP contribution in [0.4, 0.5) is 13.2 Å². The van der Waals surface area contributed by atoms with E-state index in [-0.39, 0.29) is 17.2 Å². The van der Waals surface area contributed by atoms with E-state index in [1.54, 1.807) is 0 Å². The Balaban J connectivity index is 2.47. The van der Waals surface area contributed by atoms with E-state index in [0.717, 1.165) is 6.07 Å². The third-order valence-corrected chi connectivity index (χ3v) is 2.75. The van der Waals surface area contributed by atoms with Crippen LogP contribution in [-0.2, 0) is 6.18 Å². The van der Waals surface area contributed by atoms with Crippen molar-refractivity contribution in [1.29, 1.82) is 0 Å². The normalized spacial score (nSPS) is 15.8. The predicted molar refractivity (Wildman–Crippen MR) is 55.1 cm³/mol. The number of halogens is 3. The third kappa shape index (κ3) is 2.43. The minimum absolute atomic E-state index is 0.247. The summed E-state index contributed by atoms with van der Waals surface area (Å²) in [5.41, 5.74) is -1.16. The van der Waals surface area contributed by atoms with Crippen LogP contribution in [0.3, 0.4) is 0 Å². The number of alkyl halides is 3.